The lowest BCUT2D eigenvalue weighted by molar-refractivity contribution is -0.140. The number of aromatic nitrogens is 2. The number of nitrogens with one attached hydrogen (secondary N) is 1. The zero-order valence-electron chi connectivity index (χ0n) is 16.0. The number of aryl methyl sites for hydroxylation is 1. The van der Waals surface area contributed by atoms with Gasteiger partial charge in [0.15, 0.2) is 10.8 Å². The van der Waals surface area contributed by atoms with Crippen molar-refractivity contribution >= 4 is 29.2 Å². The number of nitrogens with two attached hydrogens (primary N) is 1. The molecule has 8 nitrogen and oxygen atoms in total. The zero-order valence-corrected chi connectivity index (χ0v) is 16.7. The van der Waals surface area contributed by atoms with Gasteiger partial charge >= 0.3 is 12.2 Å². The summed E-state index contributed by atoms with van der Waals surface area (Å²) in [7, 11) is 1.25. The van der Waals surface area contributed by atoms with Crippen molar-refractivity contribution in [3.8, 4) is 0 Å². The molecular formula is C18H20ClF3N6O2. The molecule has 0 radical (unpaired) electrons. The molecule has 2 heterocycles. The quantitative estimate of drug-likeness (QED) is 0.757. The Labute approximate surface area is 175 Å². The summed E-state index contributed by atoms with van der Waals surface area (Å²) in [6, 6.07) is 7.61. The normalized spacial score (nSPS) is 16.4. The van der Waals surface area contributed by atoms with Gasteiger partial charge in [0.2, 0.25) is 5.91 Å². The number of hydrogen-bond donors (Lipinski definition) is 2. The molecule has 2 aromatic rings. The van der Waals surface area contributed by atoms with Gasteiger partial charge in [0.05, 0.1) is 0 Å². The van der Waals surface area contributed by atoms with Crippen LogP contribution in [0.4, 0.5) is 23.7 Å². The molecule has 162 valence electrons. The van der Waals surface area contributed by atoms with Crippen molar-refractivity contribution in [1.29, 1.82) is 0 Å². The zero-order chi connectivity index (χ0) is 22.1. The van der Waals surface area contributed by atoms with Gasteiger partial charge in [-0.05, 0) is 5.56 Å². The largest absolute Gasteiger partial charge is 0.437 e. The van der Waals surface area contributed by atoms with Gasteiger partial charge in [0, 0.05) is 33.2 Å². The summed E-state index contributed by atoms with van der Waals surface area (Å²) in [6.07, 6.45) is -4.77. The highest BCUT2D eigenvalue weighted by atomic mass is 35.5. The number of piperazine rings is 1. The second-order valence-corrected chi connectivity index (χ2v) is 7.16. The van der Waals surface area contributed by atoms with Crippen LogP contribution in [0.3, 0.4) is 0 Å². The van der Waals surface area contributed by atoms with Crippen LogP contribution in [-0.2, 0) is 18.0 Å². The van der Waals surface area contributed by atoms with Crippen molar-refractivity contribution in [2.75, 3.05) is 31.5 Å². The molecule has 0 aliphatic carbocycles. The Hall–Kier alpha value is -2.79. The van der Waals surface area contributed by atoms with Gasteiger partial charge in [-0.1, -0.05) is 41.9 Å². The minimum absolute atomic E-state index is 0.196. The SMILES string of the molecule is Cn1nc(C(F)(F)F)c(NC(=O)N2CCN(C(C(N)=O)c3ccccc3)CC2)c1Cl. The Morgan fingerprint density at radius 2 is 1.77 bits per heavy atom. The molecule has 1 aromatic heterocycles. The van der Waals surface area contributed by atoms with E-state index in [1.165, 1.54) is 11.9 Å². The van der Waals surface area contributed by atoms with Crippen LogP contribution in [0.25, 0.3) is 0 Å². The van der Waals surface area contributed by atoms with Crippen LogP contribution in [-0.4, -0.2) is 57.7 Å². The van der Waals surface area contributed by atoms with E-state index in [0.29, 0.717) is 13.1 Å². The Bertz CT molecular complexity index is 926. The number of carbonyl (C=O) groups is 2. The molecule has 1 aliphatic rings. The van der Waals surface area contributed by atoms with Crippen LogP contribution in [0.5, 0.6) is 0 Å². The van der Waals surface area contributed by atoms with E-state index in [1.807, 2.05) is 11.0 Å². The predicted octanol–water partition coefficient (Wildman–Crippen LogP) is 2.47. The molecular weight excluding hydrogens is 425 g/mol. The van der Waals surface area contributed by atoms with Crippen LogP contribution in [0.15, 0.2) is 30.3 Å². The number of alkyl halides is 3. The van der Waals surface area contributed by atoms with Crippen molar-refractivity contribution in [2.24, 2.45) is 12.8 Å². The maximum atomic E-state index is 13.2. The smallest absolute Gasteiger partial charge is 0.368 e. The molecule has 1 unspecified atom stereocenters. The van der Waals surface area contributed by atoms with Crippen LogP contribution < -0.4 is 11.1 Å². The number of hydrogen-bond acceptors (Lipinski definition) is 4. The van der Waals surface area contributed by atoms with Crippen LogP contribution >= 0.6 is 11.6 Å². The molecule has 0 bridgehead atoms. The number of rotatable bonds is 4. The summed E-state index contributed by atoms with van der Waals surface area (Å²) >= 11 is 5.88. The molecule has 1 atom stereocenters. The lowest BCUT2D eigenvalue weighted by Crippen LogP contribution is -2.52. The first-order valence-electron chi connectivity index (χ1n) is 9.03. The number of primary amides is 1. The van der Waals surface area contributed by atoms with Crippen LogP contribution in [0.1, 0.15) is 17.3 Å². The summed E-state index contributed by atoms with van der Waals surface area (Å²) < 4.78 is 40.3. The van der Waals surface area contributed by atoms with Gasteiger partial charge in [-0.15, -0.1) is 0 Å². The third-order valence-corrected chi connectivity index (χ3v) is 5.26. The minimum atomic E-state index is -4.77. The molecule has 1 fully saturated rings. The lowest BCUT2D eigenvalue weighted by atomic mass is 10.0. The standard InChI is InChI=1S/C18H20ClF3N6O2/c1-26-15(19)12(14(25-26)18(20,21)22)24-17(30)28-9-7-27(8-10-28)13(16(23)29)11-5-3-2-4-6-11/h2-6,13H,7-10H2,1H3,(H2,23,29)(H,24,30). The van der Waals surface area contributed by atoms with E-state index in [1.54, 1.807) is 24.3 Å². The number of anilines is 1. The van der Waals surface area contributed by atoms with Gasteiger partial charge in [-0.25, -0.2) is 4.79 Å². The Balaban J connectivity index is 1.69. The Morgan fingerprint density at radius 1 is 1.17 bits per heavy atom. The molecule has 1 aliphatic heterocycles. The van der Waals surface area contributed by atoms with E-state index >= 15 is 0 Å². The first-order valence-corrected chi connectivity index (χ1v) is 9.41. The third-order valence-electron chi connectivity index (χ3n) is 4.83. The van der Waals surface area contributed by atoms with E-state index in [4.69, 9.17) is 17.3 Å². The average Bonchev–Trinajstić information content (AvgIpc) is 2.98. The molecule has 12 heteroatoms. The topological polar surface area (TPSA) is 96.5 Å². The van der Waals surface area contributed by atoms with E-state index in [0.717, 1.165) is 10.2 Å². The average molecular weight is 445 g/mol. The molecule has 3 amide bonds. The monoisotopic (exact) mass is 444 g/mol. The predicted molar refractivity (Wildman–Crippen MR) is 104 cm³/mol. The number of carbonyl (C=O) groups excluding carboxylic acids is 2. The summed E-state index contributed by atoms with van der Waals surface area (Å²) in [5.41, 5.74) is 4.46. The highest BCUT2D eigenvalue weighted by Gasteiger charge is 2.40. The van der Waals surface area contributed by atoms with Crippen LogP contribution in [0, 0.1) is 0 Å². The van der Waals surface area contributed by atoms with Gasteiger partial charge < -0.3 is 16.0 Å². The number of amides is 3. The molecule has 30 heavy (non-hydrogen) atoms. The summed E-state index contributed by atoms with van der Waals surface area (Å²) in [4.78, 5) is 27.7. The summed E-state index contributed by atoms with van der Waals surface area (Å²) in [5.74, 6) is -0.518. The Morgan fingerprint density at radius 3 is 2.30 bits per heavy atom. The fourth-order valence-electron chi connectivity index (χ4n) is 3.37. The second kappa shape index (κ2) is 8.52. The summed E-state index contributed by atoms with van der Waals surface area (Å²) in [5, 5.41) is 5.22. The highest BCUT2D eigenvalue weighted by Crippen LogP contribution is 2.38. The maximum Gasteiger partial charge on any atom is 0.437 e. The lowest BCUT2D eigenvalue weighted by Gasteiger charge is -2.38. The third kappa shape index (κ3) is 4.51. The number of urea groups is 1. The van der Waals surface area contributed by atoms with E-state index in [2.05, 4.69) is 10.4 Å². The van der Waals surface area contributed by atoms with Gasteiger partial charge in [-0.2, -0.15) is 18.3 Å². The van der Waals surface area contributed by atoms with Crippen molar-refractivity contribution in [2.45, 2.75) is 12.2 Å². The van der Waals surface area contributed by atoms with E-state index in [-0.39, 0.29) is 18.2 Å². The highest BCUT2D eigenvalue weighted by molar-refractivity contribution is 6.32. The van der Waals surface area contributed by atoms with Crippen molar-refractivity contribution in [1.82, 2.24) is 19.6 Å². The number of nitrogens with zero attached hydrogens (tertiary/aromatic N) is 4. The molecule has 0 spiro atoms. The van der Waals surface area contributed by atoms with Gasteiger partial charge in [0.1, 0.15) is 11.7 Å². The van der Waals surface area contributed by atoms with Gasteiger partial charge in [-0.3, -0.25) is 14.4 Å². The first kappa shape index (κ1) is 21.9. The van der Waals surface area contributed by atoms with E-state index in [9.17, 15) is 22.8 Å². The molecule has 3 N–H and O–H groups in total. The summed E-state index contributed by atoms with van der Waals surface area (Å²) in [6.45, 7) is 1.04. The van der Waals surface area contributed by atoms with Gasteiger partial charge in [0.25, 0.3) is 0 Å². The first-order chi connectivity index (χ1) is 14.1. The number of halogens is 4. The molecule has 1 saturated heterocycles. The fraction of sp³-hybridized carbons (Fsp3) is 0.389. The fourth-order valence-corrected chi connectivity index (χ4v) is 3.55. The van der Waals surface area contributed by atoms with Crippen molar-refractivity contribution in [3.05, 3.63) is 46.7 Å². The number of benzene rings is 1. The maximum absolute atomic E-state index is 13.2. The molecule has 1 aromatic carbocycles. The second-order valence-electron chi connectivity index (χ2n) is 6.80. The van der Waals surface area contributed by atoms with E-state index < -0.39 is 35.5 Å². The Kier molecular flexibility index (Phi) is 6.22. The van der Waals surface area contributed by atoms with Crippen LogP contribution in [0.2, 0.25) is 5.15 Å². The minimum Gasteiger partial charge on any atom is -0.368 e. The van der Waals surface area contributed by atoms with Crippen molar-refractivity contribution < 1.29 is 22.8 Å². The van der Waals surface area contributed by atoms with Crippen molar-refractivity contribution in [3.63, 3.8) is 0 Å². The molecule has 0 saturated carbocycles. The molecule has 3 rings (SSSR count).